The topological polar surface area (TPSA) is 126 Å². The van der Waals surface area contributed by atoms with Crippen LogP contribution < -0.4 is 25.4 Å². The van der Waals surface area contributed by atoms with Crippen LogP contribution in [-0.4, -0.2) is 49.5 Å². The van der Waals surface area contributed by atoms with E-state index in [9.17, 15) is 14.7 Å². The summed E-state index contributed by atoms with van der Waals surface area (Å²) in [6.07, 6.45) is 0.251. The molecule has 3 aromatic rings. The number of hydrogen-bond donors (Lipinski definition) is 3. The molecule has 0 unspecified atom stereocenters. The Morgan fingerprint density at radius 3 is 2.51 bits per heavy atom. The fourth-order valence-electron chi connectivity index (χ4n) is 3.90. The van der Waals surface area contributed by atoms with E-state index >= 15 is 0 Å². The molecule has 37 heavy (non-hydrogen) atoms. The fourth-order valence-corrected chi connectivity index (χ4v) is 3.90. The Morgan fingerprint density at radius 2 is 1.81 bits per heavy atom. The van der Waals surface area contributed by atoms with E-state index in [-0.39, 0.29) is 29.9 Å². The van der Waals surface area contributed by atoms with E-state index in [1.54, 1.807) is 36.3 Å². The molecular formula is C28H28N4O5. The number of carbonyl (C=O) groups excluding carboxylic acids is 1. The van der Waals surface area contributed by atoms with Gasteiger partial charge in [-0.3, -0.25) is 4.79 Å². The van der Waals surface area contributed by atoms with Gasteiger partial charge in [0.05, 0.1) is 12.8 Å². The minimum atomic E-state index is -1.29. The molecule has 0 aliphatic carbocycles. The molecule has 9 heteroatoms. The number of ether oxygens (including phenoxy) is 2. The number of carbonyl (C=O) groups is 2. The minimum absolute atomic E-state index is 0.00550. The average Bonchev–Trinajstić information content (AvgIpc) is 2.93. The Hall–Kier alpha value is -4.79. The van der Waals surface area contributed by atoms with Crippen LogP contribution in [0.1, 0.15) is 6.42 Å². The number of aliphatic carboxylic acids is 1. The van der Waals surface area contributed by atoms with E-state index in [2.05, 4.69) is 10.3 Å². The molecule has 3 aromatic carbocycles. The summed E-state index contributed by atoms with van der Waals surface area (Å²) in [4.78, 5) is 31.2. The molecule has 9 nitrogen and oxygen atoms in total. The Labute approximate surface area is 214 Å². The minimum Gasteiger partial charge on any atom is -0.497 e. The first-order chi connectivity index (χ1) is 18.0. The summed E-state index contributed by atoms with van der Waals surface area (Å²) in [5.41, 5.74) is 7.66. The number of benzene rings is 3. The van der Waals surface area contributed by atoms with Crippen molar-refractivity contribution in [3.8, 4) is 11.5 Å². The van der Waals surface area contributed by atoms with Crippen molar-refractivity contribution in [2.24, 2.45) is 10.7 Å². The van der Waals surface area contributed by atoms with E-state index in [1.165, 1.54) is 0 Å². The molecule has 0 bridgehead atoms. The van der Waals surface area contributed by atoms with Crippen molar-refractivity contribution in [1.82, 2.24) is 0 Å². The van der Waals surface area contributed by atoms with E-state index < -0.39 is 11.9 Å². The number of anilines is 2. The van der Waals surface area contributed by atoms with Crippen molar-refractivity contribution in [1.29, 1.82) is 0 Å². The van der Waals surface area contributed by atoms with E-state index in [0.29, 0.717) is 30.3 Å². The Morgan fingerprint density at radius 1 is 1.05 bits per heavy atom. The smallest absolute Gasteiger partial charge is 0.352 e. The van der Waals surface area contributed by atoms with Gasteiger partial charge in [-0.25, -0.2) is 9.79 Å². The molecular weight excluding hydrogens is 472 g/mol. The number of para-hydroxylation sites is 1. The zero-order valence-electron chi connectivity index (χ0n) is 20.4. The van der Waals surface area contributed by atoms with Crippen molar-refractivity contribution >= 4 is 34.7 Å². The number of piperidine rings is 1. The van der Waals surface area contributed by atoms with Gasteiger partial charge in [-0.05, 0) is 61.0 Å². The van der Waals surface area contributed by atoms with Gasteiger partial charge in [0.25, 0.3) is 5.91 Å². The maximum Gasteiger partial charge on any atom is 0.352 e. The van der Waals surface area contributed by atoms with Gasteiger partial charge in [0.1, 0.15) is 29.5 Å². The van der Waals surface area contributed by atoms with Gasteiger partial charge >= 0.3 is 5.97 Å². The standard InChI is InChI=1S/C28H28N4O5/c1-36-22-12-10-19(11-13-22)31-26-24(25(29)28(34)35)14-16-32(27(26)33)21-7-5-6-20(18-21)30-15-17-37-23-8-3-2-4-9-23/h2-13,18,30H,14-17,29H2,1H3,(H,34,35). The van der Waals surface area contributed by atoms with E-state index in [4.69, 9.17) is 15.2 Å². The first-order valence-corrected chi connectivity index (χ1v) is 11.7. The summed E-state index contributed by atoms with van der Waals surface area (Å²) in [5.74, 6) is -0.279. The highest BCUT2D eigenvalue weighted by atomic mass is 16.5. The number of carboxylic acids is 1. The summed E-state index contributed by atoms with van der Waals surface area (Å²) in [5, 5.41) is 12.8. The molecule has 1 aliphatic rings. The number of carboxylic acid groups (broad SMARTS) is 1. The van der Waals surface area contributed by atoms with Crippen LogP contribution in [0.4, 0.5) is 17.1 Å². The molecule has 0 aromatic heterocycles. The van der Waals surface area contributed by atoms with Crippen LogP contribution in [0.25, 0.3) is 0 Å². The number of nitrogens with zero attached hydrogens (tertiary/aromatic N) is 2. The van der Waals surface area contributed by atoms with E-state index in [0.717, 1.165) is 11.4 Å². The molecule has 1 amide bonds. The number of nitrogens with two attached hydrogens (primary N) is 1. The molecule has 0 spiro atoms. The van der Waals surface area contributed by atoms with Crippen molar-refractivity contribution in [2.45, 2.75) is 6.42 Å². The highest BCUT2D eigenvalue weighted by Gasteiger charge is 2.32. The number of aliphatic imine (C=N–C) groups is 1. The van der Waals surface area contributed by atoms with Gasteiger partial charge in [-0.2, -0.15) is 0 Å². The van der Waals surface area contributed by atoms with Gasteiger partial charge in [-0.15, -0.1) is 0 Å². The van der Waals surface area contributed by atoms with Crippen molar-refractivity contribution in [3.05, 3.63) is 90.1 Å². The Balaban J connectivity index is 1.53. The molecule has 1 fully saturated rings. The summed E-state index contributed by atoms with van der Waals surface area (Å²) >= 11 is 0. The van der Waals surface area contributed by atoms with Gasteiger partial charge in [0.2, 0.25) is 0 Å². The predicted molar refractivity (Wildman–Crippen MR) is 143 cm³/mol. The SMILES string of the molecule is COc1ccc(N=C2C(=O)N(c3cccc(NCCOc4ccccc4)c3)CCC2=C(N)C(=O)O)cc1. The molecule has 0 atom stereocenters. The van der Waals surface area contributed by atoms with Crippen LogP contribution in [0.3, 0.4) is 0 Å². The van der Waals surface area contributed by atoms with Crippen LogP contribution in [0.5, 0.6) is 11.5 Å². The lowest BCUT2D eigenvalue weighted by Crippen LogP contribution is -2.44. The second-order valence-corrected chi connectivity index (χ2v) is 8.20. The molecule has 1 saturated heterocycles. The predicted octanol–water partition coefficient (Wildman–Crippen LogP) is 3.99. The first kappa shape index (κ1) is 25.3. The second-order valence-electron chi connectivity index (χ2n) is 8.20. The van der Waals surface area contributed by atoms with Crippen molar-refractivity contribution in [2.75, 3.05) is 37.0 Å². The zero-order valence-corrected chi connectivity index (χ0v) is 20.4. The monoisotopic (exact) mass is 500 g/mol. The Kier molecular flexibility index (Phi) is 8.05. The quantitative estimate of drug-likeness (QED) is 0.299. The molecule has 4 rings (SSSR count). The van der Waals surface area contributed by atoms with Crippen LogP contribution in [0, 0.1) is 0 Å². The number of nitrogens with one attached hydrogen (secondary N) is 1. The average molecular weight is 501 g/mol. The lowest BCUT2D eigenvalue weighted by atomic mass is 9.97. The molecule has 0 radical (unpaired) electrons. The summed E-state index contributed by atoms with van der Waals surface area (Å²) in [6, 6.07) is 23.8. The third kappa shape index (κ3) is 6.26. The second kappa shape index (κ2) is 11.8. The van der Waals surface area contributed by atoms with Crippen LogP contribution in [0.2, 0.25) is 0 Å². The van der Waals surface area contributed by atoms with Gasteiger partial charge in [0, 0.05) is 30.0 Å². The molecule has 190 valence electrons. The Bertz CT molecular complexity index is 1320. The maximum atomic E-state index is 13.6. The van der Waals surface area contributed by atoms with Crippen LogP contribution in [0.15, 0.2) is 95.1 Å². The third-order valence-corrected chi connectivity index (χ3v) is 5.79. The summed E-state index contributed by atoms with van der Waals surface area (Å²) in [6.45, 7) is 1.31. The van der Waals surface area contributed by atoms with Gasteiger partial charge < -0.3 is 30.5 Å². The molecule has 1 aliphatic heterocycles. The third-order valence-electron chi connectivity index (χ3n) is 5.79. The highest BCUT2D eigenvalue weighted by Crippen LogP contribution is 2.28. The highest BCUT2D eigenvalue weighted by molar-refractivity contribution is 6.51. The van der Waals surface area contributed by atoms with Crippen LogP contribution >= 0.6 is 0 Å². The number of methoxy groups -OCH3 is 1. The zero-order chi connectivity index (χ0) is 26.2. The first-order valence-electron chi connectivity index (χ1n) is 11.7. The molecule has 4 N–H and O–H groups in total. The number of amides is 1. The van der Waals surface area contributed by atoms with Crippen molar-refractivity contribution in [3.63, 3.8) is 0 Å². The van der Waals surface area contributed by atoms with Gasteiger partial charge in [0.15, 0.2) is 0 Å². The van der Waals surface area contributed by atoms with Gasteiger partial charge in [-0.1, -0.05) is 24.3 Å². The lowest BCUT2D eigenvalue weighted by Gasteiger charge is -2.30. The van der Waals surface area contributed by atoms with E-state index in [1.807, 2.05) is 54.6 Å². The molecule has 0 saturated carbocycles. The number of rotatable bonds is 9. The van der Waals surface area contributed by atoms with Crippen LogP contribution in [-0.2, 0) is 9.59 Å². The summed E-state index contributed by atoms with van der Waals surface area (Å²) in [7, 11) is 1.55. The number of hydrogen-bond acceptors (Lipinski definition) is 7. The molecule has 1 heterocycles. The lowest BCUT2D eigenvalue weighted by molar-refractivity contribution is -0.132. The largest absolute Gasteiger partial charge is 0.497 e. The normalized spacial score (nSPS) is 15.9. The van der Waals surface area contributed by atoms with Crippen molar-refractivity contribution < 1.29 is 24.2 Å². The summed E-state index contributed by atoms with van der Waals surface area (Å²) < 4.78 is 10.9. The maximum absolute atomic E-state index is 13.6. The fraction of sp³-hybridized carbons (Fsp3) is 0.179.